The van der Waals surface area contributed by atoms with E-state index in [1.165, 1.54) is 0 Å². The van der Waals surface area contributed by atoms with E-state index in [9.17, 15) is 9.59 Å². The molecule has 5 heteroatoms. The van der Waals surface area contributed by atoms with Gasteiger partial charge in [0.25, 0.3) is 0 Å². The van der Waals surface area contributed by atoms with Crippen LogP contribution in [0.25, 0.3) is 0 Å². The Morgan fingerprint density at radius 3 is 2.40 bits per heavy atom. The Kier molecular flexibility index (Phi) is 6.30. The number of carbonyl (C=O) groups excluding carboxylic acids is 1. The van der Waals surface area contributed by atoms with Crippen LogP contribution in [0, 0.1) is 17.8 Å². The van der Waals surface area contributed by atoms with E-state index in [0.29, 0.717) is 11.8 Å². The molecule has 5 nitrogen and oxygen atoms in total. The van der Waals surface area contributed by atoms with E-state index < -0.39 is 5.97 Å². The molecular weight excluding hydrogens is 256 g/mol. The fourth-order valence-electron chi connectivity index (χ4n) is 3.05. The van der Waals surface area contributed by atoms with Crippen molar-refractivity contribution in [3.8, 4) is 0 Å². The molecule has 1 fully saturated rings. The number of carbonyl (C=O) groups is 2. The number of hydrogen-bond acceptors (Lipinski definition) is 2. The van der Waals surface area contributed by atoms with Gasteiger partial charge in [-0.05, 0) is 30.6 Å². The Bertz CT molecular complexity index is 344. The molecule has 1 rings (SSSR count). The third-order valence-corrected chi connectivity index (χ3v) is 4.58. The lowest BCUT2D eigenvalue weighted by Crippen LogP contribution is -2.49. The normalized spacial score (nSPS) is 27.4. The number of rotatable bonds is 6. The molecule has 1 saturated carbocycles. The lowest BCUT2D eigenvalue weighted by Gasteiger charge is -2.25. The maximum Gasteiger partial charge on any atom is 0.315 e. The summed E-state index contributed by atoms with van der Waals surface area (Å²) in [4.78, 5) is 22.8. The highest BCUT2D eigenvalue weighted by Gasteiger charge is 2.32. The monoisotopic (exact) mass is 284 g/mol. The Morgan fingerprint density at radius 2 is 1.95 bits per heavy atom. The van der Waals surface area contributed by atoms with Crippen molar-refractivity contribution in [1.82, 2.24) is 10.6 Å². The smallest absolute Gasteiger partial charge is 0.315 e. The number of carboxylic acids is 1. The van der Waals surface area contributed by atoms with Crippen molar-refractivity contribution in [3.05, 3.63) is 0 Å². The average Bonchev–Trinajstić information content (AvgIpc) is 2.69. The van der Waals surface area contributed by atoms with Crippen molar-refractivity contribution in [2.75, 3.05) is 0 Å². The van der Waals surface area contributed by atoms with Crippen LogP contribution >= 0.6 is 0 Å². The van der Waals surface area contributed by atoms with E-state index in [1.807, 2.05) is 13.8 Å². The number of amides is 2. The summed E-state index contributed by atoms with van der Waals surface area (Å²) >= 11 is 0. The SMILES string of the molecule is CCC1CCC(NC(=O)NC(CC(=O)O)C(C)C)C1C. The molecule has 0 aliphatic heterocycles. The van der Waals surface area contributed by atoms with Crippen LogP contribution in [0.5, 0.6) is 0 Å². The van der Waals surface area contributed by atoms with Gasteiger partial charge in [-0.1, -0.05) is 34.1 Å². The average molecular weight is 284 g/mol. The number of carboxylic acid groups (broad SMARTS) is 1. The molecule has 116 valence electrons. The van der Waals surface area contributed by atoms with Crippen LogP contribution in [0.15, 0.2) is 0 Å². The predicted octanol–water partition coefficient (Wildman–Crippen LogP) is 2.61. The quantitative estimate of drug-likeness (QED) is 0.701. The maximum atomic E-state index is 12.0. The van der Waals surface area contributed by atoms with Gasteiger partial charge in [0.2, 0.25) is 0 Å². The zero-order valence-corrected chi connectivity index (χ0v) is 13.0. The van der Waals surface area contributed by atoms with E-state index in [4.69, 9.17) is 5.11 Å². The van der Waals surface area contributed by atoms with Gasteiger partial charge in [-0.3, -0.25) is 4.79 Å². The second-order valence-electron chi connectivity index (χ2n) is 6.28. The number of nitrogens with one attached hydrogen (secondary N) is 2. The fraction of sp³-hybridized carbons (Fsp3) is 0.867. The maximum absolute atomic E-state index is 12.0. The van der Waals surface area contributed by atoms with Gasteiger partial charge in [-0.25, -0.2) is 4.79 Å². The number of aliphatic carboxylic acids is 1. The topological polar surface area (TPSA) is 78.4 Å². The zero-order chi connectivity index (χ0) is 15.3. The van der Waals surface area contributed by atoms with E-state index >= 15 is 0 Å². The van der Waals surface area contributed by atoms with Crippen molar-refractivity contribution in [2.24, 2.45) is 17.8 Å². The molecule has 1 aliphatic rings. The molecule has 0 radical (unpaired) electrons. The van der Waals surface area contributed by atoms with Crippen LogP contribution in [0.3, 0.4) is 0 Å². The van der Waals surface area contributed by atoms with Gasteiger partial charge in [0.05, 0.1) is 6.42 Å². The second-order valence-corrected chi connectivity index (χ2v) is 6.28. The van der Waals surface area contributed by atoms with Crippen LogP contribution in [0.4, 0.5) is 4.79 Å². The van der Waals surface area contributed by atoms with Crippen molar-refractivity contribution in [1.29, 1.82) is 0 Å². The highest BCUT2D eigenvalue weighted by Crippen LogP contribution is 2.33. The van der Waals surface area contributed by atoms with Crippen molar-refractivity contribution in [3.63, 3.8) is 0 Å². The molecule has 0 spiro atoms. The van der Waals surface area contributed by atoms with Gasteiger partial charge in [0.15, 0.2) is 0 Å². The van der Waals surface area contributed by atoms with E-state index in [0.717, 1.165) is 19.3 Å². The van der Waals surface area contributed by atoms with Crippen molar-refractivity contribution < 1.29 is 14.7 Å². The third-order valence-electron chi connectivity index (χ3n) is 4.58. The highest BCUT2D eigenvalue weighted by atomic mass is 16.4. The molecule has 0 saturated heterocycles. The Balaban J connectivity index is 2.48. The number of hydrogen-bond donors (Lipinski definition) is 3. The first kappa shape index (κ1) is 16.8. The first-order valence-electron chi connectivity index (χ1n) is 7.63. The van der Waals surface area contributed by atoms with Gasteiger partial charge in [-0.2, -0.15) is 0 Å². The molecule has 20 heavy (non-hydrogen) atoms. The van der Waals surface area contributed by atoms with E-state index in [2.05, 4.69) is 24.5 Å². The number of urea groups is 1. The molecule has 1 aliphatic carbocycles. The van der Waals surface area contributed by atoms with E-state index in [1.54, 1.807) is 0 Å². The van der Waals surface area contributed by atoms with Gasteiger partial charge in [-0.15, -0.1) is 0 Å². The minimum atomic E-state index is -0.885. The summed E-state index contributed by atoms with van der Waals surface area (Å²) in [5.74, 6) is 0.383. The summed E-state index contributed by atoms with van der Waals surface area (Å²) in [7, 11) is 0. The summed E-state index contributed by atoms with van der Waals surface area (Å²) < 4.78 is 0. The molecular formula is C15H28N2O3. The molecule has 4 atom stereocenters. The third kappa shape index (κ3) is 4.69. The largest absolute Gasteiger partial charge is 0.481 e. The first-order chi connectivity index (χ1) is 9.35. The summed E-state index contributed by atoms with van der Waals surface area (Å²) in [6, 6.07) is -0.359. The van der Waals surface area contributed by atoms with Crippen LogP contribution in [-0.4, -0.2) is 29.2 Å². The van der Waals surface area contributed by atoms with Gasteiger partial charge in [0.1, 0.15) is 0 Å². The summed E-state index contributed by atoms with van der Waals surface area (Å²) in [6.07, 6.45) is 3.28. The van der Waals surface area contributed by atoms with E-state index in [-0.39, 0.29) is 30.5 Å². The Labute approximate surface area is 121 Å². The highest BCUT2D eigenvalue weighted by molar-refractivity contribution is 5.76. The molecule has 4 unspecified atom stereocenters. The summed E-state index contributed by atoms with van der Waals surface area (Å²) in [6.45, 7) is 8.20. The predicted molar refractivity (Wildman–Crippen MR) is 78.5 cm³/mol. The van der Waals surface area contributed by atoms with Gasteiger partial charge >= 0.3 is 12.0 Å². The zero-order valence-electron chi connectivity index (χ0n) is 13.0. The van der Waals surface area contributed by atoms with Gasteiger partial charge in [0, 0.05) is 12.1 Å². The Morgan fingerprint density at radius 1 is 1.30 bits per heavy atom. The summed E-state index contributed by atoms with van der Waals surface area (Å²) in [5.41, 5.74) is 0. The summed E-state index contributed by atoms with van der Waals surface area (Å²) in [5, 5.41) is 14.7. The van der Waals surface area contributed by atoms with Crippen LogP contribution in [0.1, 0.15) is 53.4 Å². The van der Waals surface area contributed by atoms with Crippen LogP contribution < -0.4 is 10.6 Å². The second kappa shape index (κ2) is 7.50. The van der Waals surface area contributed by atoms with Gasteiger partial charge < -0.3 is 15.7 Å². The lowest BCUT2D eigenvalue weighted by molar-refractivity contribution is -0.137. The molecule has 3 N–H and O–H groups in total. The van der Waals surface area contributed by atoms with Crippen molar-refractivity contribution in [2.45, 2.75) is 65.5 Å². The minimum absolute atomic E-state index is 0.0388. The molecule has 2 amide bonds. The van der Waals surface area contributed by atoms with Crippen LogP contribution in [-0.2, 0) is 4.79 Å². The minimum Gasteiger partial charge on any atom is -0.481 e. The van der Waals surface area contributed by atoms with Crippen LogP contribution in [0.2, 0.25) is 0 Å². The lowest BCUT2D eigenvalue weighted by atomic mass is 9.93. The molecule has 0 aromatic heterocycles. The standard InChI is InChI=1S/C15H28N2O3/c1-5-11-6-7-12(10(11)4)16-15(20)17-13(9(2)3)8-14(18)19/h9-13H,5-8H2,1-4H3,(H,18,19)(H2,16,17,20). The molecule has 0 heterocycles. The fourth-order valence-corrected chi connectivity index (χ4v) is 3.05. The van der Waals surface area contributed by atoms with Crippen molar-refractivity contribution >= 4 is 12.0 Å². The molecule has 0 aromatic carbocycles. The molecule has 0 bridgehead atoms. The Hall–Kier alpha value is -1.26. The molecule has 0 aromatic rings. The first-order valence-corrected chi connectivity index (χ1v) is 7.63.